The van der Waals surface area contributed by atoms with Gasteiger partial charge in [-0.1, -0.05) is 30.3 Å². The number of hydrogen-bond acceptors (Lipinski definition) is 4. The van der Waals surface area contributed by atoms with Crippen LogP contribution in [0, 0.1) is 12.7 Å². The summed E-state index contributed by atoms with van der Waals surface area (Å²) in [5, 5.41) is 12.9. The Hall–Kier alpha value is -2.57. The van der Waals surface area contributed by atoms with Crippen LogP contribution in [0.2, 0.25) is 0 Å². The highest BCUT2D eigenvalue weighted by molar-refractivity contribution is 7.17. The maximum absolute atomic E-state index is 13.1. The molecule has 3 aromatic rings. The molecule has 1 unspecified atom stereocenters. The van der Waals surface area contributed by atoms with Crippen LogP contribution in [0.15, 0.2) is 54.6 Å². The number of benzene rings is 2. The van der Waals surface area contributed by atoms with Gasteiger partial charge < -0.3 is 10.4 Å². The van der Waals surface area contributed by atoms with Gasteiger partial charge in [0.25, 0.3) is 5.91 Å². The summed E-state index contributed by atoms with van der Waals surface area (Å²) < 4.78 is 13.1. The van der Waals surface area contributed by atoms with Crippen molar-refractivity contribution in [3.05, 3.63) is 76.5 Å². The zero-order valence-electron chi connectivity index (χ0n) is 15.0. The highest BCUT2D eigenvalue weighted by Crippen LogP contribution is 2.29. The van der Waals surface area contributed by atoms with Crippen LogP contribution in [-0.2, 0) is 0 Å². The minimum atomic E-state index is -0.306. The van der Waals surface area contributed by atoms with Gasteiger partial charge in [0.15, 0.2) is 0 Å². The second-order valence-electron chi connectivity index (χ2n) is 6.24. The lowest BCUT2D eigenvalue weighted by Gasteiger charge is -2.18. The monoisotopic (exact) mass is 384 g/mol. The van der Waals surface area contributed by atoms with E-state index in [0.29, 0.717) is 28.4 Å². The largest absolute Gasteiger partial charge is 0.396 e. The maximum atomic E-state index is 13.1. The molecule has 0 aliphatic carbocycles. The Morgan fingerprint density at radius 3 is 2.56 bits per heavy atom. The predicted octanol–water partition coefficient (Wildman–Crippen LogP) is 4.50. The molecule has 0 saturated heterocycles. The number of carbonyl (C=O) groups excluding carboxylic acids is 1. The van der Waals surface area contributed by atoms with E-state index in [0.717, 1.165) is 11.1 Å². The molecular formula is C21H21FN2O2S. The summed E-state index contributed by atoms with van der Waals surface area (Å²) in [5.74, 6) is -0.496. The molecule has 2 aromatic carbocycles. The van der Waals surface area contributed by atoms with Crippen LogP contribution in [0.25, 0.3) is 10.6 Å². The van der Waals surface area contributed by atoms with Crippen molar-refractivity contribution in [3.8, 4) is 10.6 Å². The molecule has 27 heavy (non-hydrogen) atoms. The first-order valence-corrected chi connectivity index (χ1v) is 9.60. The second kappa shape index (κ2) is 8.88. The van der Waals surface area contributed by atoms with Gasteiger partial charge in [0.05, 0.1) is 11.7 Å². The van der Waals surface area contributed by atoms with Crippen LogP contribution in [-0.4, -0.2) is 22.6 Å². The number of aliphatic hydroxyl groups is 1. The van der Waals surface area contributed by atoms with Crippen molar-refractivity contribution >= 4 is 17.2 Å². The van der Waals surface area contributed by atoms with Gasteiger partial charge in [-0.3, -0.25) is 4.79 Å². The molecular weight excluding hydrogens is 363 g/mol. The van der Waals surface area contributed by atoms with Gasteiger partial charge in [0.2, 0.25) is 0 Å². The highest BCUT2D eigenvalue weighted by Gasteiger charge is 2.20. The number of nitrogens with zero attached hydrogens (tertiary/aromatic N) is 1. The summed E-state index contributed by atoms with van der Waals surface area (Å²) in [6.07, 6.45) is 1.25. The molecule has 1 heterocycles. The summed E-state index contributed by atoms with van der Waals surface area (Å²) >= 11 is 1.29. The highest BCUT2D eigenvalue weighted by atomic mass is 32.1. The number of amides is 1. The summed E-state index contributed by atoms with van der Waals surface area (Å²) in [7, 11) is 0. The van der Waals surface area contributed by atoms with Crippen LogP contribution in [0.4, 0.5) is 4.39 Å². The maximum Gasteiger partial charge on any atom is 0.263 e. The van der Waals surface area contributed by atoms with E-state index >= 15 is 0 Å². The lowest BCUT2D eigenvalue weighted by atomic mass is 10.0. The van der Waals surface area contributed by atoms with Gasteiger partial charge in [0.1, 0.15) is 15.7 Å². The van der Waals surface area contributed by atoms with Gasteiger partial charge in [-0.05, 0) is 49.6 Å². The molecule has 0 fully saturated rings. The number of aromatic nitrogens is 1. The van der Waals surface area contributed by atoms with Crippen molar-refractivity contribution in [1.29, 1.82) is 0 Å². The Kier molecular flexibility index (Phi) is 6.32. The number of aryl methyl sites for hydroxylation is 1. The molecule has 3 rings (SSSR count). The first-order chi connectivity index (χ1) is 13.1. The van der Waals surface area contributed by atoms with Gasteiger partial charge >= 0.3 is 0 Å². The SMILES string of the molecule is Cc1nc(-c2ccc(F)cc2)sc1C(=O)NC(CCCO)c1ccccc1. The summed E-state index contributed by atoms with van der Waals surface area (Å²) in [6.45, 7) is 1.87. The third kappa shape index (κ3) is 4.78. The van der Waals surface area contributed by atoms with Crippen molar-refractivity contribution in [2.45, 2.75) is 25.8 Å². The van der Waals surface area contributed by atoms with Gasteiger partial charge in [0, 0.05) is 12.2 Å². The molecule has 4 nitrogen and oxygen atoms in total. The average Bonchev–Trinajstić information content (AvgIpc) is 3.08. The van der Waals surface area contributed by atoms with Crippen LogP contribution < -0.4 is 5.32 Å². The third-order valence-corrected chi connectivity index (χ3v) is 5.46. The molecule has 0 spiro atoms. The standard InChI is InChI=1S/C21H21FN2O2S/c1-14-19(27-21(23-14)16-9-11-17(22)12-10-16)20(26)24-18(8-5-13-25)15-6-3-2-4-7-15/h2-4,6-7,9-12,18,25H,5,8,13H2,1H3,(H,24,26). The Balaban J connectivity index is 1.81. The van der Waals surface area contributed by atoms with Crippen molar-refractivity contribution in [2.75, 3.05) is 6.61 Å². The quantitative estimate of drug-likeness (QED) is 0.630. The Morgan fingerprint density at radius 1 is 1.19 bits per heavy atom. The van der Waals surface area contributed by atoms with Crippen LogP contribution in [0.3, 0.4) is 0 Å². The molecule has 0 bridgehead atoms. The first kappa shape index (κ1) is 19.2. The lowest BCUT2D eigenvalue weighted by molar-refractivity contribution is 0.0935. The fraction of sp³-hybridized carbons (Fsp3) is 0.238. The van der Waals surface area contributed by atoms with E-state index < -0.39 is 0 Å². The van der Waals surface area contributed by atoms with E-state index in [9.17, 15) is 9.18 Å². The second-order valence-corrected chi connectivity index (χ2v) is 7.24. The van der Waals surface area contributed by atoms with Crippen LogP contribution in [0.5, 0.6) is 0 Å². The van der Waals surface area contributed by atoms with Gasteiger partial charge in [-0.25, -0.2) is 9.37 Å². The van der Waals surface area contributed by atoms with Crippen molar-refractivity contribution in [3.63, 3.8) is 0 Å². The zero-order valence-corrected chi connectivity index (χ0v) is 15.8. The minimum absolute atomic E-state index is 0.0769. The number of hydrogen-bond donors (Lipinski definition) is 2. The molecule has 1 aromatic heterocycles. The smallest absolute Gasteiger partial charge is 0.263 e. The van der Waals surface area contributed by atoms with Gasteiger partial charge in [-0.15, -0.1) is 11.3 Å². The summed E-state index contributed by atoms with van der Waals surface area (Å²) in [6, 6.07) is 15.6. The molecule has 0 radical (unpaired) electrons. The fourth-order valence-electron chi connectivity index (χ4n) is 2.85. The average molecular weight is 384 g/mol. The van der Waals surface area contributed by atoms with Crippen LogP contribution in [0.1, 0.15) is 39.8 Å². The van der Waals surface area contributed by atoms with Crippen molar-refractivity contribution < 1.29 is 14.3 Å². The van der Waals surface area contributed by atoms with E-state index in [1.165, 1.54) is 23.5 Å². The molecule has 0 aliphatic heterocycles. The number of carbonyl (C=O) groups is 1. The minimum Gasteiger partial charge on any atom is -0.396 e. The predicted molar refractivity (Wildman–Crippen MR) is 105 cm³/mol. The molecule has 0 aliphatic rings. The number of thiazole rings is 1. The number of halogens is 1. The van der Waals surface area contributed by atoms with E-state index in [-0.39, 0.29) is 24.4 Å². The Labute approximate surface area is 161 Å². The molecule has 1 amide bonds. The van der Waals surface area contributed by atoms with E-state index in [1.807, 2.05) is 30.3 Å². The zero-order chi connectivity index (χ0) is 19.2. The first-order valence-electron chi connectivity index (χ1n) is 8.78. The normalized spacial score (nSPS) is 12.0. The lowest BCUT2D eigenvalue weighted by Crippen LogP contribution is -2.28. The van der Waals surface area contributed by atoms with Crippen LogP contribution >= 0.6 is 11.3 Å². The van der Waals surface area contributed by atoms with E-state index in [4.69, 9.17) is 5.11 Å². The number of rotatable bonds is 7. The van der Waals surface area contributed by atoms with Crippen molar-refractivity contribution in [1.82, 2.24) is 10.3 Å². The molecule has 140 valence electrons. The third-order valence-electron chi connectivity index (χ3n) is 4.25. The topological polar surface area (TPSA) is 62.2 Å². The summed E-state index contributed by atoms with van der Waals surface area (Å²) in [4.78, 5) is 17.9. The van der Waals surface area contributed by atoms with E-state index in [1.54, 1.807) is 19.1 Å². The summed E-state index contributed by atoms with van der Waals surface area (Å²) in [5.41, 5.74) is 2.43. The number of nitrogens with one attached hydrogen (secondary N) is 1. The van der Waals surface area contributed by atoms with Crippen molar-refractivity contribution in [2.24, 2.45) is 0 Å². The Bertz CT molecular complexity index is 894. The molecule has 0 saturated carbocycles. The van der Waals surface area contributed by atoms with E-state index in [2.05, 4.69) is 10.3 Å². The molecule has 2 N–H and O–H groups in total. The molecule has 6 heteroatoms. The fourth-order valence-corrected chi connectivity index (χ4v) is 3.82. The molecule has 1 atom stereocenters. The van der Waals surface area contributed by atoms with Gasteiger partial charge in [-0.2, -0.15) is 0 Å². The Morgan fingerprint density at radius 2 is 1.89 bits per heavy atom. The number of aliphatic hydroxyl groups excluding tert-OH is 1.